The van der Waals surface area contributed by atoms with E-state index in [1.54, 1.807) is 30.3 Å². The third kappa shape index (κ3) is 3.85. The number of para-hydroxylation sites is 1. The highest BCUT2D eigenvalue weighted by Gasteiger charge is 2.25. The molecule has 0 heterocycles. The molecule has 2 aromatic carbocycles. The molecule has 0 aromatic heterocycles. The van der Waals surface area contributed by atoms with Crippen LogP contribution in [0.5, 0.6) is 0 Å². The lowest BCUT2D eigenvalue weighted by Crippen LogP contribution is -2.29. The predicted octanol–water partition coefficient (Wildman–Crippen LogP) is 3.03. The van der Waals surface area contributed by atoms with Crippen LogP contribution in [-0.2, 0) is 9.53 Å². The van der Waals surface area contributed by atoms with Gasteiger partial charge in [0, 0.05) is 18.3 Å². The first-order valence-electron chi connectivity index (χ1n) is 6.91. The topological polar surface area (TPSA) is 67.4 Å². The minimum absolute atomic E-state index is 0.399. The molecule has 0 spiro atoms. The molecule has 0 fully saturated rings. The van der Waals surface area contributed by atoms with Crippen LogP contribution in [0.1, 0.15) is 17.2 Å². The number of ether oxygens (including phenoxy) is 1. The molecule has 2 amide bonds. The van der Waals surface area contributed by atoms with Crippen molar-refractivity contribution in [2.75, 3.05) is 12.4 Å². The van der Waals surface area contributed by atoms with E-state index in [2.05, 4.69) is 10.6 Å². The van der Waals surface area contributed by atoms with Gasteiger partial charge in [-0.05, 0) is 18.6 Å². The molecule has 0 aliphatic rings. The number of anilines is 1. The SMILES string of the molecule is CNC(=O)OC(C(=O)Nc1ccccc1C)c1ccccc1. The average Bonchev–Trinajstić information content (AvgIpc) is 2.55. The summed E-state index contributed by atoms with van der Waals surface area (Å²) in [6.45, 7) is 1.90. The molecular weight excluding hydrogens is 280 g/mol. The number of carbonyl (C=O) groups excluding carboxylic acids is 2. The lowest BCUT2D eigenvalue weighted by atomic mass is 10.1. The molecule has 1 unspecified atom stereocenters. The summed E-state index contributed by atoms with van der Waals surface area (Å²) in [4.78, 5) is 24.0. The Hall–Kier alpha value is -2.82. The second kappa shape index (κ2) is 7.26. The van der Waals surface area contributed by atoms with Crippen molar-refractivity contribution in [1.82, 2.24) is 5.32 Å². The fourth-order valence-corrected chi connectivity index (χ4v) is 1.98. The summed E-state index contributed by atoms with van der Waals surface area (Å²) in [5, 5.41) is 5.15. The number of alkyl carbamates (subject to hydrolysis) is 1. The van der Waals surface area contributed by atoms with E-state index in [0.29, 0.717) is 11.3 Å². The fraction of sp³-hybridized carbons (Fsp3) is 0.176. The van der Waals surface area contributed by atoms with Gasteiger partial charge in [0.15, 0.2) is 0 Å². The number of benzene rings is 2. The van der Waals surface area contributed by atoms with E-state index in [1.165, 1.54) is 7.05 Å². The van der Waals surface area contributed by atoms with Gasteiger partial charge in [0.1, 0.15) is 0 Å². The van der Waals surface area contributed by atoms with Crippen molar-refractivity contribution >= 4 is 17.7 Å². The Kier molecular flexibility index (Phi) is 5.14. The van der Waals surface area contributed by atoms with E-state index in [-0.39, 0.29) is 0 Å². The number of aryl methyl sites for hydroxylation is 1. The van der Waals surface area contributed by atoms with Crippen molar-refractivity contribution in [2.45, 2.75) is 13.0 Å². The number of nitrogens with one attached hydrogen (secondary N) is 2. The molecule has 5 nitrogen and oxygen atoms in total. The molecule has 0 bridgehead atoms. The van der Waals surface area contributed by atoms with E-state index in [0.717, 1.165) is 5.56 Å². The van der Waals surface area contributed by atoms with Gasteiger partial charge in [-0.25, -0.2) is 4.79 Å². The van der Waals surface area contributed by atoms with Crippen LogP contribution < -0.4 is 10.6 Å². The Labute approximate surface area is 129 Å². The third-order valence-electron chi connectivity index (χ3n) is 3.17. The summed E-state index contributed by atoms with van der Waals surface area (Å²) in [5.41, 5.74) is 2.23. The van der Waals surface area contributed by atoms with Crippen molar-refractivity contribution in [3.05, 3.63) is 65.7 Å². The van der Waals surface area contributed by atoms with Crippen molar-refractivity contribution in [2.24, 2.45) is 0 Å². The van der Waals surface area contributed by atoms with Crippen LogP contribution in [-0.4, -0.2) is 19.0 Å². The zero-order chi connectivity index (χ0) is 15.9. The zero-order valence-electron chi connectivity index (χ0n) is 12.5. The Morgan fingerprint density at radius 1 is 1.00 bits per heavy atom. The van der Waals surface area contributed by atoms with Crippen LogP contribution in [0.2, 0.25) is 0 Å². The van der Waals surface area contributed by atoms with Gasteiger partial charge in [-0.2, -0.15) is 0 Å². The predicted molar refractivity (Wildman–Crippen MR) is 84.5 cm³/mol. The van der Waals surface area contributed by atoms with Crippen LogP contribution in [0, 0.1) is 6.92 Å². The zero-order valence-corrected chi connectivity index (χ0v) is 12.5. The number of carbonyl (C=O) groups is 2. The first-order chi connectivity index (χ1) is 10.6. The summed E-state index contributed by atoms with van der Waals surface area (Å²) >= 11 is 0. The lowest BCUT2D eigenvalue weighted by Gasteiger charge is -2.18. The number of amides is 2. The summed E-state index contributed by atoms with van der Waals surface area (Å²) in [6.07, 6.45) is -1.67. The van der Waals surface area contributed by atoms with Gasteiger partial charge in [-0.15, -0.1) is 0 Å². The van der Waals surface area contributed by atoms with Crippen LogP contribution >= 0.6 is 0 Å². The Morgan fingerprint density at radius 2 is 1.64 bits per heavy atom. The maximum Gasteiger partial charge on any atom is 0.408 e. The molecule has 22 heavy (non-hydrogen) atoms. The normalized spacial score (nSPS) is 11.4. The number of hydrogen-bond acceptors (Lipinski definition) is 3. The second-order valence-corrected chi connectivity index (χ2v) is 4.75. The largest absolute Gasteiger partial charge is 0.431 e. The minimum Gasteiger partial charge on any atom is -0.431 e. The second-order valence-electron chi connectivity index (χ2n) is 4.75. The Balaban J connectivity index is 2.23. The Bertz CT molecular complexity index is 656. The van der Waals surface area contributed by atoms with Gasteiger partial charge < -0.3 is 15.4 Å². The summed E-state index contributed by atoms with van der Waals surface area (Å²) in [5.74, 6) is -0.399. The van der Waals surface area contributed by atoms with Gasteiger partial charge >= 0.3 is 6.09 Å². The highest BCUT2D eigenvalue weighted by Crippen LogP contribution is 2.21. The molecule has 2 N–H and O–H groups in total. The molecule has 0 radical (unpaired) electrons. The maximum absolute atomic E-state index is 12.5. The van der Waals surface area contributed by atoms with Crippen LogP contribution in [0.15, 0.2) is 54.6 Å². The maximum atomic E-state index is 12.5. The first kappa shape index (κ1) is 15.6. The third-order valence-corrected chi connectivity index (χ3v) is 3.17. The molecule has 2 aromatic rings. The monoisotopic (exact) mass is 298 g/mol. The summed E-state index contributed by atoms with van der Waals surface area (Å²) < 4.78 is 5.20. The molecule has 0 saturated heterocycles. The van der Waals surface area contributed by atoms with Gasteiger partial charge in [0.05, 0.1) is 0 Å². The van der Waals surface area contributed by atoms with Crippen molar-refractivity contribution in [3.63, 3.8) is 0 Å². The quantitative estimate of drug-likeness (QED) is 0.911. The van der Waals surface area contributed by atoms with Crippen molar-refractivity contribution < 1.29 is 14.3 Å². The van der Waals surface area contributed by atoms with E-state index in [1.807, 2.05) is 31.2 Å². The van der Waals surface area contributed by atoms with Gasteiger partial charge in [0.2, 0.25) is 6.10 Å². The fourth-order valence-electron chi connectivity index (χ4n) is 1.98. The Morgan fingerprint density at radius 3 is 2.27 bits per heavy atom. The van der Waals surface area contributed by atoms with E-state index in [4.69, 9.17) is 4.74 Å². The molecule has 2 rings (SSSR count). The smallest absolute Gasteiger partial charge is 0.408 e. The molecule has 0 aliphatic heterocycles. The van der Waals surface area contributed by atoms with E-state index in [9.17, 15) is 9.59 Å². The van der Waals surface area contributed by atoms with Gasteiger partial charge in [0.25, 0.3) is 5.91 Å². The van der Waals surface area contributed by atoms with E-state index < -0.39 is 18.1 Å². The standard InChI is InChI=1S/C17H18N2O3/c1-12-8-6-7-11-14(12)19-16(20)15(22-17(21)18-2)13-9-4-3-5-10-13/h3-11,15H,1-2H3,(H,18,21)(H,19,20). The molecule has 5 heteroatoms. The van der Waals surface area contributed by atoms with Crippen LogP contribution in [0.3, 0.4) is 0 Å². The molecular formula is C17H18N2O3. The summed E-state index contributed by atoms with van der Waals surface area (Å²) in [7, 11) is 1.45. The highest BCUT2D eigenvalue weighted by atomic mass is 16.6. The lowest BCUT2D eigenvalue weighted by molar-refractivity contribution is -0.124. The molecule has 0 aliphatic carbocycles. The van der Waals surface area contributed by atoms with Crippen molar-refractivity contribution in [3.8, 4) is 0 Å². The molecule has 1 atom stereocenters. The average molecular weight is 298 g/mol. The highest BCUT2D eigenvalue weighted by molar-refractivity contribution is 5.96. The molecule has 114 valence electrons. The number of hydrogen-bond donors (Lipinski definition) is 2. The van der Waals surface area contributed by atoms with Gasteiger partial charge in [-0.3, -0.25) is 4.79 Å². The molecule has 0 saturated carbocycles. The van der Waals surface area contributed by atoms with Crippen molar-refractivity contribution in [1.29, 1.82) is 0 Å². The van der Waals surface area contributed by atoms with E-state index >= 15 is 0 Å². The minimum atomic E-state index is -1.01. The van der Waals surface area contributed by atoms with Gasteiger partial charge in [-0.1, -0.05) is 48.5 Å². The van der Waals surface area contributed by atoms with Crippen LogP contribution in [0.25, 0.3) is 0 Å². The first-order valence-corrected chi connectivity index (χ1v) is 6.91. The summed E-state index contributed by atoms with van der Waals surface area (Å²) in [6, 6.07) is 16.3. The number of rotatable bonds is 4. The van der Waals surface area contributed by atoms with Crippen LogP contribution in [0.4, 0.5) is 10.5 Å².